The van der Waals surface area contributed by atoms with Crippen LogP contribution in [-0.2, 0) is 4.74 Å². The van der Waals surface area contributed by atoms with Gasteiger partial charge in [0.15, 0.2) is 0 Å². The molecule has 1 aromatic heterocycles. The summed E-state index contributed by atoms with van der Waals surface area (Å²) in [6.07, 6.45) is -0.647. The van der Waals surface area contributed by atoms with Gasteiger partial charge in [-0.25, -0.2) is 9.59 Å². The second kappa shape index (κ2) is 7.72. The number of nitrogens with one attached hydrogen (secondary N) is 1. The molecule has 0 radical (unpaired) electrons. The highest BCUT2D eigenvalue weighted by atomic mass is 32.1. The summed E-state index contributed by atoms with van der Waals surface area (Å²) in [5.74, 6) is -0.931. The van der Waals surface area contributed by atoms with Crippen molar-refractivity contribution in [3.05, 3.63) is 76.2 Å². The molecule has 0 unspecified atom stereocenters. The van der Waals surface area contributed by atoms with Gasteiger partial charge >= 0.3 is 12.1 Å². The van der Waals surface area contributed by atoms with Crippen molar-refractivity contribution in [2.75, 3.05) is 11.9 Å². The van der Waals surface area contributed by atoms with E-state index in [2.05, 4.69) is 29.6 Å². The summed E-state index contributed by atoms with van der Waals surface area (Å²) in [4.78, 5) is 24.8. The summed E-state index contributed by atoms with van der Waals surface area (Å²) in [6, 6.07) is 17.8. The minimum Gasteiger partial charge on any atom is -0.478 e. The van der Waals surface area contributed by atoms with Gasteiger partial charge in [-0.2, -0.15) is 0 Å². The molecule has 0 fully saturated rings. The van der Waals surface area contributed by atoms with Gasteiger partial charge in [-0.3, -0.25) is 5.32 Å². The third-order valence-corrected chi connectivity index (χ3v) is 6.46. The molecule has 1 amide bonds. The average Bonchev–Trinajstić information content (AvgIpc) is 3.26. The van der Waals surface area contributed by atoms with E-state index in [9.17, 15) is 14.7 Å². The molecule has 4 rings (SSSR count). The predicted molar refractivity (Wildman–Crippen MR) is 114 cm³/mol. The first-order chi connectivity index (χ1) is 14.0. The van der Waals surface area contributed by atoms with Crippen molar-refractivity contribution < 1.29 is 19.4 Å². The first-order valence-electron chi connectivity index (χ1n) is 9.44. The van der Waals surface area contributed by atoms with Gasteiger partial charge in [-0.15, -0.1) is 11.3 Å². The Bertz CT molecular complexity index is 1040. The fourth-order valence-electron chi connectivity index (χ4n) is 3.67. The maximum absolute atomic E-state index is 12.4. The van der Waals surface area contributed by atoms with Crippen LogP contribution in [0.4, 0.5) is 9.80 Å². The van der Waals surface area contributed by atoms with Crippen molar-refractivity contribution in [1.82, 2.24) is 0 Å². The SMILES string of the molecule is CC(C)c1cc(C(=O)O)c(NC(=O)OCC2c3ccccc3-c3ccccc32)s1. The molecule has 3 aromatic rings. The number of aromatic carboxylic acids is 1. The number of rotatable bonds is 5. The first kappa shape index (κ1) is 19.2. The Morgan fingerprint density at radius 1 is 1.07 bits per heavy atom. The van der Waals surface area contributed by atoms with Crippen molar-refractivity contribution >= 4 is 28.4 Å². The van der Waals surface area contributed by atoms with Crippen molar-refractivity contribution in [2.24, 2.45) is 0 Å². The summed E-state index contributed by atoms with van der Waals surface area (Å²) >= 11 is 1.27. The number of carbonyl (C=O) groups is 2. The zero-order valence-electron chi connectivity index (χ0n) is 16.1. The summed E-state index contributed by atoms with van der Waals surface area (Å²) in [5, 5.41) is 12.3. The maximum Gasteiger partial charge on any atom is 0.412 e. The molecule has 0 spiro atoms. The zero-order valence-corrected chi connectivity index (χ0v) is 17.0. The molecule has 1 heterocycles. The van der Waals surface area contributed by atoms with Crippen LogP contribution in [0.25, 0.3) is 11.1 Å². The highest BCUT2D eigenvalue weighted by molar-refractivity contribution is 7.16. The van der Waals surface area contributed by atoms with Crippen LogP contribution in [-0.4, -0.2) is 23.8 Å². The molecular weight excluding hydrogens is 386 g/mol. The van der Waals surface area contributed by atoms with E-state index in [1.54, 1.807) is 6.07 Å². The normalized spacial score (nSPS) is 12.5. The second-order valence-electron chi connectivity index (χ2n) is 7.30. The van der Waals surface area contributed by atoms with E-state index >= 15 is 0 Å². The van der Waals surface area contributed by atoms with Gasteiger partial charge < -0.3 is 9.84 Å². The van der Waals surface area contributed by atoms with Crippen molar-refractivity contribution in [2.45, 2.75) is 25.7 Å². The quantitative estimate of drug-likeness (QED) is 0.549. The summed E-state index contributed by atoms with van der Waals surface area (Å²) < 4.78 is 5.51. The fourth-order valence-corrected chi connectivity index (χ4v) is 4.71. The van der Waals surface area contributed by atoms with Crippen LogP contribution in [0, 0.1) is 0 Å². The number of carboxylic acid groups (broad SMARTS) is 1. The lowest BCUT2D eigenvalue weighted by Gasteiger charge is -2.14. The molecule has 1 aliphatic rings. The highest BCUT2D eigenvalue weighted by Crippen LogP contribution is 2.44. The molecule has 29 heavy (non-hydrogen) atoms. The Morgan fingerprint density at radius 2 is 1.66 bits per heavy atom. The Labute approximate surface area is 173 Å². The Hall–Kier alpha value is -3.12. The molecule has 0 saturated heterocycles. The third-order valence-electron chi connectivity index (χ3n) is 5.11. The van der Waals surface area contributed by atoms with Crippen LogP contribution < -0.4 is 5.32 Å². The van der Waals surface area contributed by atoms with Crippen LogP contribution in [0.15, 0.2) is 54.6 Å². The number of carboxylic acids is 1. The largest absolute Gasteiger partial charge is 0.478 e. The van der Waals surface area contributed by atoms with Crippen LogP contribution in [0.5, 0.6) is 0 Å². The summed E-state index contributed by atoms with van der Waals surface area (Å²) in [5.41, 5.74) is 4.67. The average molecular weight is 407 g/mol. The Balaban J connectivity index is 1.51. The van der Waals surface area contributed by atoms with Gasteiger partial charge in [0, 0.05) is 10.8 Å². The lowest BCUT2D eigenvalue weighted by Crippen LogP contribution is -2.18. The Morgan fingerprint density at radius 3 is 2.21 bits per heavy atom. The molecule has 6 heteroatoms. The van der Waals surface area contributed by atoms with Crippen molar-refractivity contribution in [3.63, 3.8) is 0 Å². The number of amides is 1. The van der Waals surface area contributed by atoms with E-state index in [1.807, 2.05) is 38.1 Å². The lowest BCUT2D eigenvalue weighted by molar-refractivity contribution is 0.0698. The maximum atomic E-state index is 12.4. The number of ether oxygens (including phenoxy) is 1. The molecule has 0 bridgehead atoms. The molecular formula is C23H21NO4S. The van der Waals surface area contributed by atoms with Crippen molar-refractivity contribution in [3.8, 4) is 11.1 Å². The highest BCUT2D eigenvalue weighted by Gasteiger charge is 2.29. The van der Waals surface area contributed by atoms with Crippen LogP contribution >= 0.6 is 11.3 Å². The number of hydrogen-bond donors (Lipinski definition) is 2. The molecule has 0 saturated carbocycles. The number of hydrogen-bond acceptors (Lipinski definition) is 4. The van der Waals surface area contributed by atoms with E-state index in [-0.39, 0.29) is 24.0 Å². The molecule has 1 aliphatic carbocycles. The van der Waals surface area contributed by atoms with Gasteiger partial charge in [-0.05, 0) is 34.2 Å². The molecule has 148 valence electrons. The van der Waals surface area contributed by atoms with Gasteiger partial charge in [-0.1, -0.05) is 62.4 Å². The molecule has 0 aliphatic heterocycles. The minimum absolute atomic E-state index is 0.0401. The molecule has 2 aromatic carbocycles. The Kier molecular flexibility index (Phi) is 5.11. The van der Waals surface area contributed by atoms with Gasteiger partial charge in [0.25, 0.3) is 0 Å². The smallest absolute Gasteiger partial charge is 0.412 e. The summed E-state index contributed by atoms with van der Waals surface area (Å²) in [6.45, 7) is 4.15. The minimum atomic E-state index is -1.07. The first-order valence-corrected chi connectivity index (χ1v) is 10.3. The van der Waals surface area contributed by atoms with Crippen LogP contribution in [0.2, 0.25) is 0 Å². The standard InChI is InChI=1S/C23H21NO4S/c1-13(2)20-11-18(22(25)26)21(29-20)24-23(27)28-12-19-16-9-5-3-7-14(16)15-8-4-6-10-17(15)19/h3-11,13,19H,12H2,1-2H3,(H,24,27)(H,25,26). The zero-order chi connectivity index (χ0) is 20.5. The number of carbonyl (C=O) groups excluding carboxylic acids is 1. The van der Waals surface area contributed by atoms with Gasteiger partial charge in [0.1, 0.15) is 11.6 Å². The molecule has 2 N–H and O–H groups in total. The molecule has 5 nitrogen and oxygen atoms in total. The van der Waals surface area contributed by atoms with E-state index in [0.29, 0.717) is 5.00 Å². The fraction of sp³-hybridized carbons (Fsp3) is 0.217. The lowest BCUT2D eigenvalue weighted by atomic mass is 9.98. The summed E-state index contributed by atoms with van der Waals surface area (Å²) in [7, 11) is 0. The van der Waals surface area contributed by atoms with Gasteiger partial charge in [0.05, 0.1) is 5.56 Å². The van der Waals surface area contributed by atoms with E-state index in [0.717, 1.165) is 27.1 Å². The topological polar surface area (TPSA) is 75.6 Å². The number of fused-ring (bicyclic) bond motifs is 3. The van der Waals surface area contributed by atoms with Gasteiger partial charge in [0.2, 0.25) is 0 Å². The predicted octanol–water partition coefficient (Wildman–Crippen LogP) is 5.93. The monoisotopic (exact) mass is 407 g/mol. The van der Waals surface area contributed by atoms with E-state index in [1.165, 1.54) is 11.3 Å². The van der Waals surface area contributed by atoms with E-state index in [4.69, 9.17) is 4.74 Å². The third kappa shape index (κ3) is 3.63. The van der Waals surface area contributed by atoms with E-state index < -0.39 is 12.1 Å². The number of thiophene rings is 1. The van der Waals surface area contributed by atoms with Crippen LogP contribution in [0.1, 0.15) is 52.0 Å². The number of benzene rings is 2. The number of anilines is 1. The van der Waals surface area contributed by atoms with Crippen molar-refractivity contribution in [1.29, 1.82) is 0 Å². The second-order valence-corrected chi connectivity index (χ2v) is 8.39. The van der Waals surface area contributed by atoms with Crippen LogP contribution in [0.3, 0.4) is 0 Å². The molecule has 0 atom stereocenters.